The minimum atomic E-state index is -0.215. The Kier molecular flexibility index (Phi) is 8.76. The van der Waals surface area contributed by atoms with Crippen molar-refractivity contribution >= 4 is 21.9 Å². The van der Waals surface area contributed by atoms with Gasteiger partial charge >= 0.3 is 5.97 Å². The van der Waals surface area contributed by atoms with Crippen LogP contribution in [0.3, 0.4) is 0 Å². The van der Waals surface area contributed by atoms with Gasteiger partial charge in [0.2, 0.25) is 0 Å². The average Bonchev–Trinajstić information content (AvgIpc) is 3.07. The summed E-state index contributed by atoms with van der Waals surface area (Å²) in [5, 5.41) is 3.36. The minimum Gasteiger partial charge on any atom is -0.494 e. The number of hydrogen-bond donors (Lipinski definition) is 1. The summed E-state index contributed by atoms with van der Waals surface area (Å²) in [5.41, 5.74) is 0. The molecule has 1 aromatic carbocycles. The molecule has 1 atom stereocenters. The highest BCUT2D eigenvalue weighted by atomic mass is 79.9. The molecule has 0 saturated heterocycles. The number of hydrogen-bond acceptors (Lipinski definition) is 4. The molecule has 25 heavy (non-hydrogen) atoms. The Morgan fingerprint density at radius 2 is 1.92 bits per heavy atom. The van der Waals surface area contributed by atoms with Gasteiger partial charge in [0.1, 0.15) is 17.9 Å². The highest BCUT2D eigenvalue weighted by molar-refractivity contribution is 9.10. The fourth-order valence-electron chi connectivity index (χ4n) is 3.06. The molecule has 0 spiro atoms. The molecule has 1 aliphatic carbocycles. The van der Waals surface area contributed by atoms with E-state index in [-0.39, 0.29) is 18.1 Å². The second-order valence-electron chi connectivity index (χ2n) is 7.14. The van der Waals surface area contributed by atoms with Crippen molar-refractivity contribution in [3.8, 4) is 5.75 Å². The zero-order valence-electron chi connectivity index (χ0n) is 15.3. The number of rotatable bonds is 10. The molecule has 1 saturated carbocycles. The predicted octanol–water partition coefficient (Wildman–Crippen LogP) is 4.71. The van der Waals surface area contributed by atoms with Gasteiger partial charge in [-0.1, -0.05) is 29.8 Å². The molecule has 0 aliphatic heterocycles. The van der Waals surface area contributed by atoms with Crippen LogP contribution in [-0.4, -0.2) is 31.3 Å². The summed E-state index contributed by atoms with van der Waals surface area (Å²) in [4.78, 5) is 12.4. The monoisotopic (exact) mass is 411 g/mol. The highest BCUT2D eigenvalue weighted by Crippen LogP contribution is 2.22. The lowest BCUT2D eigenvalue weighted by Crippen LogP contribution is -2.41. The third-order valence-corrected chi connectivity index (χ3v) is 4.90. The Hall–Kier alpha value is -1.07. The van der Waals surface area contributed by atoms with Crippen LogP contribution < -0.4 is 10.1 Å². The number of ether oxygens (including phenoxy) is 2. The summed E-state index contributed by atoms with van der Waals surface area (Å²) in [5.74, 6) is 1.23. The van der Waals surface area contributed by atoms with Gasteiger partial charge in [-0.3, -0.25) is 4.79 Å². The topological polar surface area (TPSA) is 47.6 Å². The second-order valence-corrected chi connectivity index (χ2v) is 8.05. The molecule has 0 bridgehead atoms. The molecule has 2 rings (SSSR count). The van der Waals surface area contributed by atoms with E-state index in [9.17, 15) is 4.79 Å². The maximum atomic E-state index is 12.4. The molecule has 0 heterocycles. The summed E-state index contributed by atoms with van der Waals surface area (Å²) in [6.07, 6.45) is 6.16. The van der Waals surface area contributed by atoms with E-state index in [2.05, 4.69) is 35.1 Å². The van der Waals surface area contributed by atoms with Gasteiger partial charge in [-0.25, -0.2) is 0 Å². The molecule has 0 radical (unpaired) electrons. The van der Waals surface area contributed by atoms with Crippen LogP contribution in [0.1, 0.15) is 52.4 Å². The van der Waals surface area contributed by atoms with Crippen LogP contribution >= 0.6 is 15.9 Å². The van der Waals surface area contributed by atoms with Crippen molar-refractivity contribution in [2.75, 3.05) is 13.2 Å². The van der Waals surface area contributed by atoms with Crippen LogP contribution in [-0.2, 0) is 9.53 Å². The molecule has 1 aliphatic rings. The van der Waals surface area contributed by atoms with Crippen molar-refractivity contribution in [3.63, 3.8) is 0 Å². The molecule has 140 valence electrons. The van der Waals surface area contributed by atoms with Gasteiger partial charge in [0.25, 0.3) is 0 Å². The van der Waals surface area contributed by atoms with Gasteiger partial charge in [0.15, 0.2) is 0 Å². The average molecular weight is 412 g/mol. The van der Waals surface area contributed by atoms with E-state index in [1.165, 1.54) is 12.8 Å². The van der Waals surface area contributed by atoms with Gasteiger partial charge in [0.05, 0.1) is 6.61 Å². The van der Waals surface area contributed by atoms with Crippen LogP contribution in [0, 0.1) is 5.92 Å². The summed E-state index contributed by atoms with van der Waals surface area (Å²) in [7, 11) is 0. The Bertz CT molecular complexity index is 512. The van der Waals surface area contributed by atoms with Gasteiger partial charge in [-0.15, -0.1) is 0 Å². The number of halogens is 1. The minimum absolute atomic E-state index is 0.0885. The van der Waals surface area contributed by atoms with Crippen LogP contribution in [0.5, 0.6) is 5.75 Å². The zero-order chi connectivity index (χ0) is 18.1. The second kappa shape index (κ2) is 10.8. The first-order chi connectivity index (χ1) is 12.0. The molecule has 0 aromatic heterocycles. The van der Waals surface area contributed by atoms with Gasteiger partial charge in [0, 0.05) is 4.47 Å². The smallest absolute Gasteiger partial charge is 0.323 e. The summed E-state index contributed by atoms with van der Waals surface area (Å²) in [6.45, 7) is 5.64. The molecular weight excluding hydrogens is 382 g/mol. The molecule has 4 nitrogen and oxygen atoms in total. The molecule has 5 heteroatoms. The molecule has 1 fully saturated rings. The van der Waals surface area contributed by atoms with E-state index in [1.807, 2.05) is 24.3 Å². The fraction of sp³-hybridized carbons (Fsp3) is 0.650. The maximum absolute atomic E-state index is 12.4. The van der Waals surface area contributed by atoms with Crippen molar-refractivity contribution in [2.24, 2.45) is 5.92 Å². The lowest BCUT2D eigenvalue weighted by Gasteiger charge is -2.21. The van der Waals surface area contributed by atoms with E-state index in [4.69, 9.17) is 9.47 Å². The number of esters is 1. The van der Waals surface area contributed by atoms with Crippen molar-refractivity contribution in [2.45, 2.75) is 64.5 Å². The SMILES string of the molecule is CC(C)C[C@H](NCCCOc1ccc(Br)cc1)C(=O)OC1CCCC1. The Morgan fingerprint density at radius 1 is 1.24 bits per heavy atom. The van der Waals surface area contributed by atoms with Crippen LogP contribution in [0.4, 0.5) is 0 Å². The van der Waals surface area contributed by atoms with Gasteiger partial charge in [-0.2, -0.15) is 0 Å². The van der Waals surface area contributed by atoms with Crippen LogP contribution in [0.2, 0.25) is 0 Å². The van der Waals surface area contributed by atoms with Crippen LogP contribution in [0.15, 0.2) is 28.7 Å². The Labute approximate surface area is 159 Å². The molecule has 0 unspecified atom stereocenters. The predicted molar refractivity (Wildman–Crippen MR) is 104 cm³/mol. The number of carbonyl (C=O) groups excluding carboxylic acids is 1. The third-order valence-electron chi connectivity index (χ3n) is 4.37. The fourth-order valence-corrected chi connectivity index (χ4v) is 3.32. The van der Waals surface area contributed by atoms with E-state index >= 15 is 0 Å². The normalized spacial score (nSPS) is 16.2. The summed E-state index contributed by atoms with van der Waals surface area (Å²) < 4.78 is 12.4. The summed E-state index contributed by atoms with van der Waals surface area (Å²) in [6, 6.07) is 7.60. The van der Waals surface area contributed by atoms with Crippen molar-refractivity contribution < 1.29 is 14.3 Å². The molecule has 0 amide bonds. The molecule has 1 N–H and O–H groups in total. The lowest BCUT2D eigenvalue weighted by molar-refractivity contribution is -0.151. The lowest BCUT2D eigenvalue weighted by atomic mass is 10.0. The number of benzene rings is 1. The first kappa shape index (κ1) is 20.2. The highest BCUT2D eigenvalue weighted by Gasteiger charge is 2.25. The largest absolute Gasteiger partial charge is 0.494 e. The van der Waals surface area contributed by atoms with E-state index in [1.54, 1.807) is 0 Å². The zero-order valence-corrected chi connectivity index (χ0v) is 16.9. The maximum Gasteiger partial charge on any atom is 0.323 e. The number of nitrogens with one attached hydrogen (secondary N) is 1. The first-order valence-corrected chi connectivity index (χ1v) is 10.2. The Balaban J connectivity index is 1.69. The van der Waals surface area contributed by atoms with Crippen molar-refractivity contribution in [1.82, 2.24) is 5.32 Å². The first-order valence-electron chi connectivity index (χ1n) is 9.37. The van der Waals surface area contributed by atoms with Gasteiger partial charge < -0.3 is 14.8 Å². The van der Waals surface area contributed by atoms with E-state index in [0.717, 1.165) is 42.5 Å². The number of carbonyl (C=O) groups is 1. The van der Waals surface area contributed by atoms with Crippen molar-refractivity contribution in [3.05, 3.63) is 28.7 Å². The Morgan fingerprint density at radius 3 is 2.56 bits per heavy atom. The molecule has 1 aromatic rings. The van der Waals surface area contributed by atoms with Crippen molar-refractivity contribution in [1.29, 1.82) is 0 Å². The van der Waals surface area contributed by atoms with Gasteiger partial charge in [-0.05, 0) is 75.3 Å². The standard InChI is InChI=1S/C20H30BrNO3/c1-15(2)14-19(20(23)25-18-6-3-4-7-18)22-12-5-13-24-17-10-8-16(21)9-11-17/h8-11,15,18-19,22H,3-7,12-14H2,1-2H3/t19-/m0/s1. The van der Waals surface area contributed by atoms with E-state index in [0.29, 0.717) is 12.5 Å². The molecular formula is C20H30BrNO3. The van der Waals surface area contributed by atoms with E-state index < -0.39 is 0 Å². The van der Waals surface area contributed by atoms with Crippen LogP contribution in [0.25, 0.3) is 0 Å². The third kappa shape index (κ3) is 7.78. The quantitative estimate of drug-likeness (QED) is 0.447. The summed E-state index contributed by atoms with van der Waals surface area (Å²) >= 11 is 3.41.